The number of benzene rings is 2. The van der Waals surface area contributed by atoms with Crippen LogP contribution in [-0.4, -0.2) is 45.9 Å². The van der Waals surface area contributed by atoms with Crippen LogP contribution in [0.2, 0.25) is 0 Å². The molecule has 8 nitrogen and oxygen atoms in total. The molecular weight excluding hydrogens is 470 g/mol. The van der Waals surface area contributed by atoms with Crippen LogP contribution in [0.1, 0.15) is 59.3 Å². The van der Waals surface area contributed by atoms with Crippen LogP contribution in [0.15, 0.2) is 45.6 Å². The van der Waals surface area contributed by atoms with Crippen LogP contribution in [-0.2, 0) is 15.9 Å². The molecule has 3 aromatic rings. The highest BCUT2D eigenvalue weighted by Gasteiger charge is 2.21. The van der Waals surface area contributed by atoms with Gasteiger partial charge in [0, 0.05) is 31.8 Å². The molecule has 0 radical (unpaired) electrons. The normalized spacial score (nSPS) is 14.6. The van der Waals surface area contributed by atoms with Crippen molar-refractivity contribution in [3.63, 3.8) is 0 Å². The third kappa shape index (κ3) is 6.32. The van der Waals surface area contributed by atoms with E-state index in [1.807, 2.05) is 38.1 Å². The molecule has 37 heavy (non-hydrogen) atoms. The van der Waals surface area contributed by atoms with Crippen molar-refractivity contribution in [2.45, 2.75) is 45.6 Å². The Balaban J connectivity index is 1.69. The Morgan fingerprint density at radius 1 is 1.14 bits per heavy atom. The van der Waals surface area contributed by atoms with Gasteiger partial charge in [0.2, 0.25) is 0 Å². The highest BCUT2D eigenvalue weighted by atomic mass is 16.5. The van der Waals surface area contributed by atoms with E-state index >= 15 is 0 Å². The minimum Gasteiger partial charge on any atom is -0.440 e. The average Bonchev–Trinajstić information content (AvgIpc) is 2.89. The van der Waals surface area contributed by atoms with Crippen LogP contribution >= 0.6 is 0 Å². The van der Waals surface area contributed by atoms with Gasteiger partial charge in [0.1, 0.15) is 5.58 Å². The van der Waals surface area contributed by atoms with Crippen LogP contribution in [0.5, 0.6) is 0 Å². The monoisotopic (exact) mass is 507 g/mol. The van der Waals surface area contributed by atoms with Gasteiger partial charge in [-0.05, 0) is 62.8 Å². The molecule has 0 bridgehead atoms. The number of carbonyl (C=O) groups is 1. The quantitative estimate of drug-likeness (QED) is 0.366. The minimum atomic E-state index is -0.509. The fourth-order valence-electron chi connectivity index (χ4n) is 4.92. The number of anilines is 2. The molecule has 2 aromatic carbocycles. The maximum absolute atomic E-state index is 13.1. The largest absolute Gasteiger partial charge is 0.440 e. The number of primary amides is 1. The summed E-state index contributed by atoms with van der Waals surface area (Å²) >= 11 is 0. The molecule has 1 aliphatic heterocycles. The molecule has 1 fully saturated rings. The number of rotatable bonds is 11. The number of hydrogen-bond acceptors (Lipinski definition) is 7. The van der Waals surface area contributed by atoms with Gasteiger partial charge in [-0.1, -0.05) is 18.2 Å². The van der Waals surface area contributed by atoms with Gasteiger partial charge in [-0.25, -0.2) is 0 Å². The van der Waals surface area contributed by atoms with Gasteiger partial charge in [0.05, 0.1) is 42.5 Å². The molecule has 0 unspecified atom stereocenters. The second kappa shape index (κ2) is 12.3. The number of carbonyl (C=O) groups excluding carboxylic acids is 1. The highest BCUT2D eigenvalue weighted by Crippen LogP contribution is 2.32. The summed E-state index contributed by atoms with van der Waals surface area (Å²) in [6.45, 7) is 7.23. The smallest absolute Gasteiger partial charge is 0.250 e. The fourth-order valence-corrected chi connectivity index (χ4v) is 4.92. The van der Waals surface area contributed by atoms with Gasteiger partial charge in [-0.15, -0.1) is 0 Å². The first kappa shape index (κ1) is 26.7. The Morgan fingerprint density at radius 2 is 1.92 bits per heavy atom. The molecule has 4 rings (SSSR count). The van der Waals surface area contributed by atoms with Crippen molar-refractivity contribution < 1.29 is 18.7 Å². The molecule has 1 aromatic heterocycles. The summed E-state index contributed by atoms with van der Waals surface area (Å²) in [4.78, 5) is 27.6. The zero-order chi connectivity index (χ0) is 26.4. The second-order valence-corrected chi connectivity index (χ2v) is 9.65. The summed E-state index contributed by atoms with van der Waals surface area (Å²) in [5, 5.41) is 4.06. The summed E-state index contributed by atoms with van der Waals surface area (Å²) in [6, 6.07) is 10.8. The van der Waals surface area contributed by atoms with Crippen LogP contribution in [0.25, 0.3) is 11.0 Å². The standard InChI is InChI=1S/C29H37N3O5/c1-19-16-23(28-24(17-19)25(33)18-26(37-28)32-11-5-4-6-12-32)20(2)31-27-21(10-13-36-15-14-35-3)8-7-9-22(27)29(30)34/h7-9,16-18,20,31H,4-6,10-15H2,1-3H3,(H2,30,34)/t20-/m1/s1. The second-order valence-electron chi connectivity index (χ2n) is 9.65. The van der Waals surface area contributed by atoms with Gasteiger partial charge in [0.25, 0.3) is 5.91 Å². The summed E-state index contributed by atoms with van der Waals surface area (Å²) in [6.07, 6.45) is 3.96. The molecule has 1 amide bonds. The molecule has 0 aliphatic carbocycles. The van der Waals surface area contributed by atoms with Crippen molar-refractivity contribution in [1.82, 2.24) is 0 Å². The lowest BCUT2D eigenvalue weighted by atomic mass is 9.99. The zero-order valence-electron chi connectivity index (χ0n) is 22.0. The van der Waals surface area contributed by atoms with Crippen molar-refractivity contribution in [1.29, 1.82) is 0 Å². The molecule has 8 heteroatoms. The summed E-state index contributed by atoms with van der Waals surface area (Å²) in [5.41, 5.74) is 10.1. The van der Waals surface area contributed by atoms with Crippen LogP contribution < -0.4 is 21.4 Å². The fraction of sp³-hybridized carbons (Fsp3) is 0.448. The average molecular weight is 508 g/mol. The van der Waals surface area contributed by atoms with Gasteiger partial charge < -0.3 is 29.8 Å². The minimum absolute atomic E-state index is 0.0505. The molecule has 3 N–H and O–H groups in total. The first-order chi connectivity index (χ1) is 17.9. The van der Waals surface area contributed by atoms with Crippen molar-refractivity contribution in [3.05, 3.63) is 68.9 Å². The van der Waals surface area contributed by atoms with E-state index in [-0.39, 0.29) is 11.5 Å². The third-order valence-corrected chi connectivity index (χ3v) is 6.85. The number of piperidine rings is 1. The molecule has 0 spiro atoms. The van der Waals surface area contributed by atoms with E-state index in [0.717, 1.165) is 42.6 Å². The lowest BCUT2D eigenvalue weighted by Crippen LogP contribution is -2.30. The third-order valence-electron chi connectivity index (χ3n) is 6.85. The van der Waals surface area contributed by atoms with Crippen LogP contribution in [0.3, 0.4) is 0 Å². The van der Waals surface area contributed by atoms with E-state index in [1.165, 1.54) is 6.42 Å². The Kier molecular flexibility index (Phi) is 8.84. The Morgan fingerprint density at radius 3 is 2.65 bits per heavy atom. The lowest BCUT2D eigenvalue weighted by molar-refractivity contribution is 0.0723. The zero-order valence-corrected chi connectivity index (χ0v) is 22.0. The Hall–Kier alpha value is -3.36. The van der Waals surface area contributed by atoms with Gasteiger partial charge in [0.15, 0.2) is 11.3 Å². The topological polar surface area (TPSA) is 107 Å². The van der Waals surface area contributed by atoms with Crippen molar-refractivity contribution in [2.75, 3.05) is 50.2 Å². The SMILES string of the molecule is COCCOCCc1cccc(C(N)=O)c1N[C@H](C)c1cc(C)cc2c(=O)cc(N3CCCCC3)oc12. The van der Waals surface area contributed by atoms with E-state index in [2.05, 4.69) is 10.2 Å². The Labute approximate surface area is 217 Å². The number of fused-ring (bicyclic) bond motifs is 1. The molecule has 1 atom stereocenters. The molecule has 0 saturated carbocycles. The number of para-hydroxylation sites is 1. The van der Waals surface area contributed by atoms with E-state index in [0.29, 0.717) is 54.3 Å². The maximum atomic E-state index is 13.1. The number of amides is 1. The Bertz CT molecular complexity index is 1300. The summed E-state index contributed by atoms with van der Waals surface area (Å²) in [5.74, 6) is 0.103. The lowest BCUT2D eigenvalue weighted by Gasteiger charge is -2.27. The van der Waals surface area contributed by atoms with Crippen molar-refractivity contribution in [2.24, 2.45) is 5.73 Å². The predicted octanol–water partition coefficient (Wildman–Crippen LogP) is 4.57. The van der Waals surface area contributed by atoms with Crippen molar-refractivity contribution >= 4 is 28.4 Å². The van der Waals surface area contributed by atoms with Gasteiger partial charge >= 0.3 is 0 Å². The molecule has 1 saturated heterocycles. The number of nitrogens with zero attached hydrogens (tertiary/aromatic N) is 1. The number of nitrogens with two attached hydrogens (primary N) is 1. The van der Waals surface area contributed by atoms with Gasteiger partial charge in [-0.2, -0.15) is 0 Å². The van der Waals surface area contributed by atoms with E-state index in [4.69, 9.17) is 19.6 Å². The highest BCUT2D eigenvalue weighted by molar-refractivity contribution is 5.99. The van der Waals surface area contributed by atoms with E-state index in [9.17, 15) is 9.59 Å². The van der Waals surface area contributed by atoms with Gasteiger partial charge in [-0.3, -0.25) is 9.59 Å². The summed E-state index contributed by atoms with van der Waals surface area (Å²) in [7, 11) is 1.63. The number of aryl methyl sites for hydroxylation is 1. The maximum Gasteiger partial charge on any atom is 0.250 e. The van der Waals surface area contributed by atoms with Crippen LogP contribution in [0.4, 0.5) is 11.6 Å². The van der Waals surface area contributed by atoms with E-state index < -0.39 is 5.91 Å². The predicted molar refractivity (Wildman–Crippen MR) is 147 cm³/mol. The number of hydrogen-bond donors (Lipinski definition) is 2. The molecule has 2 heterocycles. The molecule has 198 valence electrons. The summed E-state index contributed by atoms with van der Waals surface area (Å²) < 4.78 is 17.1. The first-order valence-corrected chi connectivity index (χ1v) is 13.0. The van der Waals surface area contributed by atoms with Crippen LogP contribution in [0, 0.1) is 6.92 Å². The van der Waals surface area contributed by atoms with E-state index in [1.54, 1.807) is 19.2 Å². The van der Waals surface area contributed by atoms with Crippen molar-refractivity contribution in [3.8, 4) is 0 Å². The first-order valence-electron chi connectivity index (χ1n) is 13.0. The molecule has 1 aliphatic rings. The number of methoxy groups -OCH3 is 1. The molecular formula is C29H37N3O5. The number of nitrogens with one attached hydrogen (secondary N) is 1. The number of ether oxygens (including phenoxy) is 2.